The molecule has 0 atom stereocenters. The number of nitriles is 1. The highest BCUT2D eigenvalue weighted by Gasteiger charge is 2.30. The molecule has 1 heterocycles. The van der Waals surface area contributed by atoms with Crippen LogP contribution in [0, 0.1) is 17.2 Å². The first-order valence-electron chi connectivity index (χ1n) is 8.34. The number of nitrogens with one attached hydrogen (secondary N) is 2. The van der Waals surface area contributed by atoms with Crippen molar-refractivity contribution in [1.29, 1.82) is 5.26 Å². The second-order valence-corrected chi connectivity index (χ2v) is 6.41. The molecule has 26 heavy (non-hydrogen) atoms. The molecular weight excluding hydrogens is 345 g/mol. The Morgan fingerprint density at radius 2 is 2.04 bits per heavy atom. The summed E-state index contributed by atoms with van der Waals surface area (Å²) < 4.78 is 38.6. The number of halogens is 3. The average Bonchev–Trinajstić information content (AvgIpc) is 3.07. The number of nitrogens with zero attached hydrogens (tertiary/aromatic N) is 2. The van der Waals surface area contributed by atoms with Crippen molar-refractivity contribution in [2.75, 3.05) is 5.32 Å². The highest BCUT2D eigenvalue weighted by Crippen LogP contribution is 2.31. The number of alkyl halides is 3. The molecule has 2 aromatic rings. The van der Waals surface area contributed by atoms with E-state index in [2.05, 4.69) is 15.3 Å². The van der Waals surface area contributed by atoms with E-state index in [0.29, 0.717) is 18.2 Å². The SMILES string of the molecule is N#Cc1c(Nc2cccc(C(F)(F)F)c2)nc(CC2CCCC2)[nH]c1=O. The number of H-pyrrole nitrogens is 1. The number of hydrogen-bond donors (Lipinski definition) is 2. The molecule has 1 aromatic heterocycles. The van der Waals surface area contributed by atoms with Crippen molar-refractivity contribution < 1.29 is 13.2 Å². The Morgan fingerprint density at radius 1 is 1.31 bits per heavy atom. The molecule has 0 spiro atoms. The highest BCUT2D eigenvalue weighted by molar-refractivity contribution is 5.62. The Kier molecular flexibility index (Phi) is 4.98. The van der Waals surface area contributed by atoms with Gasteiger partial charge in [0.1, 0.15) is 11.9 Å². The first kappa shape index (κ1) is 18.0. The van der Waals surface area contributed by atoms with Crippen LogP contribution in [0.4, 0.5) is 24.7 Å². The van der Waals surface area contributed by atoms with Crippen LogP contribution >= 0.6 is 0 Å². The number of aromatic amines is 1. The van der Waals surface area contributed by atoms with Crippen LogP contribution in [0.2, 0.25) is 0 Å². The van der Waals surface area contributed by atoms with E-state index in [0.717, 1.165) is 37.8 Å². The van der Waals surface area contributed by atoms with E-state index in [4.69, 9.17) is 0 Å². The van der Waals surface area contributed by atoms with Crippen LogP contribution < -0.4 is 10.9 Å². The van der Waals surface area contributed by atoms with Gasteiger partial charge in [0.05, 0.1) is 5.56 Å². The molecule has 0 aliphatic heterocycles. The molecule has 136 valence electrons. The molecule has 2 N–H and O–H groups in total. The zero-order valence-corrected chi connectivity index (χ0v) is 13.9. The Morgan fingerprint density at radius 3 is 2.69 bits per heavy atom. The van der Waals surface area contributed by atoms with Crippen LogP contribution in [-0.4, -0.2) is 9.97 Å². The second kappa shape index (κ2) is 7.20. The molecule has 8 heteroatoms. The third-order valence-corrected chi connectivity index (χ3v) is 4.49. The molecule has 3 rings (SSSR count). The predicted molar refractivity (Wildman–Crippen MR) is 90.0 cm³/mol. The monoisotopic (exact) mass is 362 g/mol. The van der Waals surface area contributed by atoms with Crippen molar-refractivity contribution in [2.24, 2.45) is 5.92 Å². The fourth-order valence-electron chi connectivity index (χ4n) is 3.21. The first-order valence-corrected chi connectivity index (χ1v) is 8.34. The van der Waals surface area contributed by atoms with Gasteiger partial charge in [-0.25, -0.2) is 4.98 Å². The molecule has 1 aliphatic carbocycles. The quantitative estimate of drug-likeness (QED) is 0.857. The van der Waals surface area contributed by atoms with Gasteiger partial charge < -0.3 is 10.3 Å². The lowest BCUT2D eigenvalue weighted by atomic mass is 10.0. The van der Waals surface area contributed by atoms with Gasteiger partial charge in [-0.05, 0) is 24.1 Å². The molecule has 0 saturated heterocycles. The Labute approximate surface area is 147 Å². The van der Waals surface area contributed by atoms with Gasteiger partial charge in [-0.3, -0.25) is 4.79 Å². The van der Waals surface area contributed by atoms with Gasteiger partial charge in [0.15, 0.2) is 11.4 Å². The number of benzene rings is 1. The van der Waals surface area contributed by atoms with Crippen LogP contribution in [0.15, 0.2) is 29.1 Å². The number of hydrogen-bond acceptors (Lipinski definition) is 4. The topological polar surface area (TPSA) is 81.6 Å². The van der Waals surface area contributed by atoms with Gasteiger partial charge in [-0.15, -0.1) is 0 Å². The van der Waals surface area contributed by atoms with Gasteiger partial charge in [-0.2, -0.15) is 18.4 Å². The van der Waals surface area contributed by atoms with Crippen LogP contribution in [-0.2, 0) is 12.6 Å². The maximum atomic E-state index is 12.9. The van der Waals surface area contributed by atoms with Crippen molar-refractivity contribution in [2.45, 2.75) is 38.3 Å². The van der Waals surface area contributed by atoms with Gasteiger partial charge in [-0.1, -0.05) is 31.7 Å². The third kappa shape index (κ3) is 4.04. The summed E-state index contributed by atoms with van der Waals surface area (Å²) in [5.41, 5.74) is -1.55. The maximum absolute atomic E-state index is 12.9. The van der Waals surface area contributed by atoms with E-state index in [-0.39, 0.29) is 17.1 Å². The summed E-state index contributed by atoms with van der Waals surface area (Å²) in [4.78, 5) is 19.0. The van der Waals surface area contributed by atoms with E-state index in [1.807, 2.05) is 0 Å². The second-order valence-electron chi connectivity index (χ2n) is 6.41. The van der Waals surface area contributed by atoms with Crippen molar-refractivity contribution in [3.63, 3.8) is 0 Å². The smallest absolute Gasteiger partial charge is 0.339 e. The lowest BCUT2D eigenvalue weighted by molar-refractivity contribution is -0.137. The predicted octanol–water partition coefficient (Wildman–Crippen LogP) is 4.14. The molecule has 1 aromatic carbocycles. The number of aromatic nitrogens is 2. The fraction of sp³-hybridized carbons (Fsp3) is 0.389. The minimum Gasteiger partial charge on any atom is -0.339 e. The van der Waals surface area contributed by atoms with Crippen molar-refractivity contribution in [3.8, 4) is 6.07 Å². The summed E-state index contributed by atoms with van der Waals surface area (Å²) in [6.45, 7) is 0. The summed E-state index contributed by atoms with van der Waals surface area (Å²) in [5, 5.41) is 11.9. The summed E-state index contributed by atoms with van der Waals surface area (Å²) in [7, 11) is 0. The molecule has 0 radical (unpaired) electrons. The lowest BCUT2D eigenvalue weighted by Crippen LogP contribution is -2.19. The van der Waals surface area contributed by atoms with Crippen molar-refractivity contribution in [3.05, 3.63) is 51.6 Å². The maximum Gasteiger partial charge on any atom is 0.416 e. The van der Waals surface area contributed by atoms with Crippen LogP contribution in [0.3, 0.4) is 0 Å². The molecular formula is C18H17F3N4O. The van der Waals surface area contributed by atoms with Crippen LogP contribution in [0.25, 0.3) is 0 Å². The fourth-order valence-corrected chi connectivity index (χ4v) is 3.21. The summed E-state index contributed by atoms with van der Waals surface area (Å²) in [6, 6.07) is 6.31. The first-order chi connectivity index (χ1) is 12.4. The molecule has 1 fully saturated rings. The summed E-state index contributed by atoms with van der Waals surface area (Å²) >= 11 is 0. The summed E-state index contributed by atoms with van der Waals surface area (Å²) in [5.74, 6) is 0.839. The Hall–Kier alpha value is -2.82. The van der Waals surface area contributed by atoms with Gasteiger partial charge in [0, 0.05) is 12.1 Å². The van der Waals surface area contributed by atoms with E-state index in [1.54, 1.807) is 6.07 Å². The Bertz CT molecular complexity index is 893. The van der Waals surface area contributed by atoms with E-state index in [9.17, 15) is 23.2 Å². The average molecular weight is 362 g/mol. The third-order valence-electron chi connectivity index (χ3n) is 4.49. The molecule has 1 aliphatic rings. The van der Waals surface area contributed by atoms with E-state index in [1.165, 1.54) is 12.1 Å². The molecule has 1 saturated carbocycles. The molecule has 0 bridgehead atoms. The molecule has 5 nitrogen and oxygen atoms in total. The molecule has 0 amide bonds. The standard InChI is InChI=1S/C18H17F3N4O/c19-18(20,21)12-6-3-7-13(9-12)23-16-14(10-22)17(26)25-15(24-16)8-11-4-1-2-5-11/h3,6-7,9,11H,1-2,4-5,8H2,(H2,23,24,25,26). The minimum atomic E-state index is -4.48. The van der Waals surface area contributed by atoms with Crippen molar-refractivity contribution >= 4 is 11.5 Å². The van der Waals surface area contributed by atoms with Crippen molar-refractivity contribution in [1.82, 2.24) is 9.97 Å². The minimum absolute atomic E-state index is 0.0245. The number of rotatable bonds is 4. The van der Waals surface area contributed by atoms with Crippen LogP contribution in [0.1, 0.15) is 42.6 Å². The van der Waals surface area contributed by atoms with Gasteiger partial charge in [0.25, 0.3) is 5.56 Å². The molecule has 0 unspecified atom stereocenters. The van der Waals surface area contributed by atoms with Gasteiger partial charge in [0.2, 0.25) is 0 Å². The van der Waals surface area contributed by atoms with Gasteiger partial charge >= 0.3 is 6.18 Å². The zero-order valence-electron chi connectivity index (χ0n) is 13.9. The summed E-state index contributed by atoms with van der Waals surface area (Å²) in [6.07, 6.45) is 0.491. The largest absolute Gasteiger partial charge is 0.416 e. The van der Waals surface area contributed by atoms with E-state index >= 15 is 0 Å². The van der Waals surface area contributed by atoms with E-state index < -0.39 is 17.3 Å². The zero-order chi connectivity index (χ0) is 18.7. The Balaban J connectivity index is 1.92. The normalized spacial score (nSPS) is 15.0. The lowest BCUT2D eigenvalue weighted by Gasteiger charge is -2.13. The number of anilines is 2. The van der Waals surface area contributed by atoms with Crippen LogP contribution in [0.5, 0.6) is 0 Å². The highest BCUT2D eigenvalue weighted by atomic mass is 19.4.